The summed E-state index contributed by atoms with van der Waals surface area (Å²) in [6.07, 6.45) is 3.67. The second-order valence-corrected chi connectivity index (χ2v) is 5.84. The molecule has 0 saturated heterocycles. The Hall–Kier alpha value is -1.19. The fourth-order valence-electron chi connectivity index (χ4n) is 2.05. The molecule has 0 amide bonds. The third-order valence-corrected chi connectivity index (χ3v) is 4.38. The van der Waals surface area contributed by atoms with Crippen molar-refractivity contribution in [3.8, 4) is 10.4 Å². The summed E-state index contributed by atoms with van der Waals surface area (Å²) in [6.45, 7) is 3.11. The second-order valence-electron chi connectivity index (χ2n) is 4.76. The first-order valence-electron chi connectivity index (χ1n) is 6.64. The zero-order chi connectivity index (χ0) is 12.4. The van der Waals surface area contributed by atoms with Gasteiger partial charge in [0.2, 0.25) is 0 Å². The molecular formula is C15H18N2S. The lowest BCUT2D eigenvalue weighted by molar-refractivity contribution is 0.682. The van der Waals surface area contributed by atoms with Crippen molar-refractivity contribution < 1.29 is 0 Å². The molecule has 2 nitrogen and oxygen atoms in total. The van der Waals surface area contributed by atoms with E-state index in [-0.39, 0.29) is 0 Å². The summed E-state index contributed by atoms with van der Waals surface area (Å²) in [4.78, 5) is 6.10. The van der Waals surface area contributed by atoms with Crippen LogP contribution in [0.4, 0.5) is 0 Å². The Morgan fingerprint density at radius 3 is 2.72 bits per heavy atom. The monoisotopic (exact) mass is 258 g/mol. The molecule has 94 valence electrons. The molecule has 3 heteroatoms. The number of hydrogen-bond donors (Lipinski definition) is 1. The first-order chi connectivity index (χ1) is 8.86. The van der Waals surface area contributed by atoms with Gasteiger partial charge in [-0.1, -0.05) is 37.3 Å². The molecule has 0 bridgehead atoms. The number of thiazole rings is 1. The fraction of sp³-hybridized carbons (Fsp3) is 0.400. The average Bonchev–Trinajstić information content (AvgIpc) is 3.16. The van der Waals surface area contributed by atoms with Crippen LogP contribution in [0.25, 0.3) is 10.4 Å². The molecule has 1 aromatic heterocycles. The van der Waals surface area contributed by atoms with E-state index in [2.05, 4.69) is 42.6 Å². The van der Waals surface area contributed by atoms with Crippen LogP contribution < -0.4 is 5.32 Å². The van der Waals surface area contributed by atoms with Crippen LogP contribution in [0.2, 0.25) is 0 Å². The SMILES string of the molecule is CCc1nc(CNC2CC2)sc1-c1ccccc1. The zero-order valence-electron chi connectivity index (χ0n) is 10.6. The normalized spacial score (nSPS) is 14.9. The van der Waals surface area contributed by atoms with Gasteiger partial charge in [0.05, 0.1) is 10.6 Å². The van der Waals surface area contributed by atoms with Crippen LogP contribution in [-0.4, -0.2) is 11.0 Å². The summed E-state index contributed by atoms with van der Waals surface area (Å²) in [5.74, 6) is 0. The third-order valence-electron chi connectivity index (χ3n) is 3.23. The van der Waals surface area contributed by atoms with Gasteiger partial charge in [-0.05, 0) is 24.8 Å². The molecule has 18 heavy (non-hydrogen) atoms. The maximum Gasteiger partial charge on any atom is 0.107 e. The number of hydrogen-bond acceptors (Lipinski definition) is 3. The summed E-state index contributed by atoms with van der Waals surface area (Å²) >= 11 is 1.83. The Labute approximate surface area is 112 Å². The fourth-order valence-corrected chi connectivity index (χ4v) is 3.16. The standard InChI is InChI=1S/C15H18N2S/c1-2-13-15(11-6-4-3-5-7-11)18-14(17-13)10-16-12-8-9-12/h3-7,12,16H,2,8-10H2,1H3. The van der Waals surface area contributed by atoms with E-state index in [0.717, 1.165) is 19.0 Å². The van der Waals surface area contributed by atoms with Gasteiger partial charge in [0.1, 0.15) is 5.01 Å². The average molecular weight is 258 g/mol. The summed E-state index contributed by atoms with van der Waals surface area (Å²) in [5, 5.41) is 4.76. The van der Waals surface area contributed by atoms with E-state index in [1.807, 2.05) is 11.3 Å². The molecule has 1 aromatic carbocycles. The van der Waals surface area contributed by atoms with Crippen LogP contribution >= 0.6 is 11.3 Å². The van der Waals surface area contributed by atoms with E-state index in [1.165, 1.54) is 34.0 Å². The van der Waals surface area contributed by atoms with Gasteiger partial charge in [-0.15, -0.1) is 11.3 Å². The van der Waals surface area contributed by atoms with Gasteiger partial charge in [0.15, 0.2) is 0 Å². The minimum atomic E-state index is 0.749. The van der Waals surface area contributed by atoms with Gasteiger partial charge in [-0.2, -0.15) is 0 Å². The van der Waals surface area contributed by atoms with Gasteiger partial charge >= 0.3 is 0 Å². The van der Waals surface area contributed by atoms with E-state index < -0.39 is 0 Å². The van der Waals surface area contributed by atoms with Crippen molar-refractivity contribution in [3.63, 3.8) is 0 Å². The molecule has 1 fully saturated rings. The molecule has 1 saturated carbocycles. The van der Waals surface area contributed by atoms with Crippen molar-refractivity contribution in [3.05, 3.63) is 41.0 Å². The third kappa shape index (κ3) is 2.62. The molecule has 1 N–H and O–H groups in total. The van der Waals surface area contributed by atoms with E-state index >= 15 is 0 Å². The molecule has 0 unspecified atom stereocenters. The Kier molecular flexibility index (Phi) is 3.43. The van der Waals surface area contributed by atoms with E-state index in [4.69, 9.17) is 4.98 Å². The topological polar surface area (TPSA) is 24.9 Å². The number of nitrogens with zero attached hydrogens (tertiary/aromatic N) is 1. The minimum absolute atomic E-state index is 0.749. The number of benzene rings is 1. The Morgan fingerprint density at radius 1 is 1.28 bits per heavy atom. The highest BCUT2D eigenvalue weighted by atomic mass is 32.1. The lowest BCUT2D eigenvalue weighted by Gasteiger charge is -1.98. The Balaban J connectivity index is 1.83. The molecule has 2 aromatic rings. The highest BCUT2D eigenvalue weighted by Crippen LogP contribution is 2.31. The number of nitrogens with one attached hydrogen (secondary N) is 1. The smallest absolute Gasteiger partial charge is 0.107 e. The molecule has 0 atom stereocenters. The Morgan fingerprint density at radius 2 is 2.06 bits per heavy atom. The van der Waals surface area contributed by atoms with Gasteiger partial charge in [-0.25, -0.2) is 4.98 Å². The van der Waals surface area contributed by atoms with Gasteiger partial charge in [0.25, 0.3) is 0 Å². The number of aromatic nitrogens is 1. The lowest BCUT2D eigenvalue weighted by atomic mass is 10.1. The molecule has 0 spiro atoms. The maximum absolute atomic E-state index is 4.76. The predicted molar refractivity (Wildman–Crippen MR) is 76.8 cm³/mol. The summed E-state index contributed by atoms with van der Waals surface area (Å²) in [7, 11) is 0. The molecule has 1 heterocycles. The first-order valence-corrected chi connectivity index (χ1v) is 7.46. The predicted octanol–water partition coefficient (Wildman–Crippen LogP) is 3.62. The maximum atomic E-state index is 4.76. The molecule has 1 aliphatic carbocycles. The van der Waals surface area contributed by atoms with Crippen LogP contribution in [0.3, 0.4) is 0 Å². The van der Waals surface area contributed by atoms with Crippen molar-refractivity contribution in [2.45, 2.75) is 38.8 Å². The van der Waals surface area contributed by atoms with Crippen molar-refractivity contribution in [2.75, 3.05) is 0 Å². The van der Waals surface area contributed by atoms with Crippen LogP contribution in [0.1, 0.15) is 30.5 Å². The van der Waals surface area contributed by atoms with Crippen molar-refractivity contribution in [2.24, 2.45) is 0 Å². The lowest BCUT2D eigenvalue weighted by Crippen LogP contribution is -2.14. The molecule has 0 radical (unpaired) electrons. The van der Waals surface area contributed by atoms with Crippen LogP contribution in [-0.2, 0) is 13.0 Å². The van der Waals surface area contributed by atoms with Gasteiger partial charge in [0, 0.05) is 12.6 Å². The second kappa shape index (κ2) is 5.21. The van der Waals surface area contributed by atoms with Crippen LogP contribution in [0.5, 0.6) is 0 Å². The van der Waals surface area contributed by atoms with Gasteiger partial charge < -0.3 is 5.32 Å². The van der Waals surface area contributed by atoms with Crippen molar-refractivity contribution in [1.29, 1.82) is 0 Å². The molecule has 0 aliphatic heterocycles. The van der Waals surface area contributed by atoms with Gasteiger partial charge in [-0.3, -0.25) is 0 Å². The van der Waals surface area contributed by atoms with E-state index in [0.29, 0.717) is 0 Å². The Bertz CT molecular complexity index is 515. The van der Waals surface area contributed by atoms with E-state index in [9.17, 15) is 0 Å². The van der Waals surface area contributed by atoms with Crippen LogP contribution in [0, 0.1) is 0 Å². The summed E-state index contributed by atoms with van der Waals surface area (Å²) in [5.41, 5.74) is 2.53. The minimum Gasteiger partial charge on any atom is -0.308 e. The number of rotatable bonds is 5. The van der Waals surface area contributed by atoms with Crippen LogP contribution in [0.15, 0.2) is 30.3 Å². The van der Waals surface area contributed by atoms with Crippen molar-refractivity contribution in [1.82, 2.24) is 10.3 Å². The molecule has 3 rings (SSSR count). The first kappa shape index (κ1) is 11.9. The highest BCUT2D eigenvalue weighted by Gasteiger charge is 2.21. The number of aryl methyl sites for hydroxylation is 1. The highest BCUT2D eigenvalue weighted by molar-refractivity contribution is 7.15. The molecular weight excluding hydrogens is 240 g/mol. The molecule has 1 aliphatic rings. The quantitative estimate of drug-likeness (QED) is 0.886. The summed E-state index contributed by atoms with van der Waals surface area (Å²) in [6, 6.07) is 11.3. The largest absolute Gasteiger partial charge is 0.308 e. The zero-order valence-corrected chi connectivity index (χ0v) is 11.5. The van der Waals surface area contributed by atoms with Crippen molar-refractivity contribution >= 4 is 11.3 Å². The summed E-state index contributed by atoms with van der Waals surface area (Å²) < 4.78 is 0. The van der Waals surface area contributed by atoms with E-state index in [1.54, 1.807) is 0 Å².